The van der Waals surface area contributed by atoms with E-state index >= 15 is 0 Å². The molecule has 1 aromatic carbocycles. The molecule has 1 rings (SSSR count). The highest BCUT2D eigenvalue weighted by Gasteiger charge is 1.96. The fourth-order valence-corrected chi connectivity index (χ4v) is 2.05. The van der Waals surface area contributed by atoms with Crippen LogP contribution in [0, 0.1) is 0 Å². The summed E-state index contributed by atoms with van der Waals surface area (Å²) in [6.07, 6.45) is 2.35. The van der Waals surface area contributed by atoms with Gasteiger partial charge in [0.1, 0.15) is 0 Å². The molecule has 72 valence electrons. The van der Waals surface area contributed by atoms with Crippen molar-refractivity contribution < 1.29 is 0 Å². The molecular weight excluding hydrogens is 178 g/mol. The average Bonchev–Trinajstić information content (AvgIpc) is 2.15. The summed E-state index contributed by atoms with van der Waals surface area (Å²) >= 11 is 2.00. The minimum absolute atomic E-state index is 0.930. The quantitative estimate of drug-likeness (QED) is 0.577. The van der Waals surface area contributed by atoms with Gasteiger partial charge in [-0.1, -0.05) is 25.1 Å². The summed E-state index contributed by atoms with van der Waals surface area (Å²) in [5.41, 5.74) is 8.04. The maximum absolute atomic E-state index is 5.83. The predicted octanol–water partition coefficient (Wildman–Crippen LogP) is 2.95. The van der Waals surface area contributed by atoms with E-state index in [2.05, 4.69) is 19.1 Å². The van der Waals surface area contributed by atoms with Gasteiger partial charge in [0.2, 0.25) is 0 Å². The molecule has 0 aliphatic rings. The van der Waals surface area contributed by atoms with Crippen LogP contribution < -0.4 is 5.73 Å². The maximum atomic E-state index is 5.83. The standard InChI is InChI=1S/C11H17NS/c1-2-8-13-9-7-10-5-3-4-6-11(10)12/h3-6H,2,7-9,12H2,1H3. The van der Waals surface area contributed by atoms with Crippen molar-refractivity contribution in [1.29, 1.82) is 0 Å². The van der Waals surface area contributed by atoms with E-state index in [4.69, 9.17) is 5.73 Å². The Hall–Kier alpha value is -0.630. The number of para-hydroxylation sites is 1. The van der Waals surface area contributed by atoms with Gasteiger partial charge < -0.3 is 5.73 Å². The summed E-state index contributed by atoms with van der Waals surface area (Å²) in [4.78, 5) is 0. The molecule has 0 saturated carbocycles. The van der Waals surface area contributed by atoms with Crippen molar-refractivity contribution in [3.63, 3.8) is 0 Å². The summed E-state index contributed by atoms with van der Waals surface area (Å²) in [5.74, 6) is 2.44. The van der Waals surface area contributed by atoms with Crippen LogP contribution in [-0.2, 0) is 6.42 Å². The molecule has 0 aromatic heterocycles. The molecule has 0 radical (unpaired) electrons. The maximum Gasteiger partial charge on any atom is 0.0346 e. The number of nitrogen functional groups attached to an aromatic ring is 1. The zero-order valence-electron chi connectivity index (χ0n) is 8.12. The van der Waals surface area contributed by atoms with Gasteiger partial charge in [-0.25, -0.2) is 0 Å². The van der Waals surface area contributed by atoms with Gasteiger partial charge >= 0.3 is 0 Å². The molecule has 0 bridgehead atoms. The molecule has 0 atom stereocenters. The van der Waals surface area contributed by atoms with Gasteiger partial charge in [-0.2, -0.15) is 11.8 Å². The molecule has 0 unspecified atom stereocenters. The Balaban J connectivity index is 2.32. The van der Waals surface area contributed by atoms with Crippen molar-refractivity contribution >= 4 is 17.4 Å². The summed E-state index contributed by atoms with van der Waals surface area (Å²) in [7, 11) is 0. The Labute approximate surface area is 84.7 Å². The van der Waals surface area contributed by atoms with Crippen LogP contribution in [-0.4, -0.2) is 11.5 Å². The molecule has 1 aromatic rings. The molecule has 1 nitrogen and oxygen atoms in total. The average molecular weight is 195 g/mol. The topological polar surface area (TPSA) is 26.0 Å². The Morgan fingerprint density at radius 1 is 1.23 bits per heavy atom. The molecule has 0 aliphatic carbocycles. The molecule has 0 spiro atoms. The summed E-state index contributed by atoms with van der Waals surface area (Å²) in [5, 5.41) is 0. The summed E-state index contributed by atoms with van der Waals surface area (Å²) in [6, 6.07) is 8.12. The minimum Gasteiger partial charge on any atom is -0.399 e. The minimum atomic E-state index is 0.930. The molecule has 0 saturated heterocycles. The first-order valence-electron chi connectivity index (χ1n) is 4.75. The molecule has 2 N–H and O–H groups in total. The smallest absolute Gasteiger partial charge is 0.0346 e. The highest BCUT2D eigenvalue weighted by atomic mass is 32.2. The second-order valence-electron chi connectivity index (χ2n) is 3.06. The van der Waals surface area contributed by atoms with E-state index in [0.717, 1.165) is 12.1 Å². The van der Waals surface area contributed by atoms with Gasteiger partial charge in [0.25, 0.3) is 0 Å². The van der Waals surface area contributed by atoms with Crippen LogP contribution in [0.15, 0.2) is 24.3 Å². The lowest BCUT2D eigenvalue weighted by atomic mass is 10.1. The van der Waals surface area contributed by atoms with E-state index in [9.17, 15) is 0 Å². The fraction of sp³-hybridized carbons (Fsp3) is 0.455. The number of aryl methyl sites for hydroxylation is 1. The van der Waals surface area contributed by atoms with Crippen LogP contribution in [0.25, 0.3) is 0 Å². The second kappa shape index (κ2) is 5.92. The fourth-order valence-electron chi connectivity index (χ4n) is 1.19. The van der Waals surface area contributed by atoms with Gasteiger partial charge in [-0.3, -0.25) is 0 Å². The van der Waals surface area contributed by atoms with Gasteiger partial charge in [0, 0.05) is 5.69 Å². The van der Waals surface area contributed by atoms with Crippen molar-refractivity contribution in [2.75, 3.05) is 17.2 Å². The van der Waals surface area contributed by atoms with Crippen LogP contribution >= 0.6 is 11.8 Å². The Morgan fingerprint density at radius 3 is 2.69 bits per heavy atom. The molecular formula is C11H17NS. The lowest BCUT2D eigenvalue weighted by Gasteiger charge is -2.04. The summed E-state index contributed by atoms with van der Waals surface area (Å²) in [6.45, 7) is 2.21. The Bertz CT molecular complexity index is 248. The normalized spacial score (nSPS) is 10.2. The number of hydrogen-bond donors (Lipinski definition) is 1. The van der Waals surface area contributed by atoms with Crippen LogP contribution in [0.2, 0.25) is 0 Å². The monoisotopic (exact) mass is 195 g/mol. The number of rotatable bonds is 5. The SMILES string of the molecule is CCCSCCc1ccccc1N. The van der Waals surface area contributed by atoms with Crippen molar-refractivity contribution in [3.8, 4) is 0 Å². The van der Waals surface area contributed by atoms with Crippen molar-refractivity contribution in [2.24, 2.45) is 0 Å². The van der Waals surface area contributed by atoms with Crippen LogP contribution in [0.4, 0.5) is 5.69 Å². The summed E-state index contributed by atoms with van der Waals surface area (Å²) < 4.78 is 0. The van der Waals surface area contributed by atoms with E-state index in [1.807, 2.05) is 23.9 Å². The number of hydrogen-bond acceptors (Lipinski definition) is 2. The van der Waals surface area contributed by atoms with E-state index in [0.29, 0.717) is 0 Å². The van der Waals surface area contributed by atoms with Crippen LogP contribution in [0.3, 0.4) is 0 Å². The zero-order chi connectivity index (χ0) is 9.52. The van der Waals surface area contributed by atoms with Gasteiger partial charge in [-0.05, 0) is 36.0 Å². The van der Waals surface area contributed by atoms with E-state index in [-0.39, 0.29) is 0 Å². The van der Waals surface area contributed by atoms with Gasteiger partial charge in [-0.15, -0.1) is 0 Å². The van der Waals surface area contributed by atoms with Crippen LogP contribution in [0.1, 0.15) is 18.9 Å². The molecule has 0 amide bonds. The van der Waals surface area contributed by atoms with E-state index in [1.165, 1.54) is 23.5 Å². The van der Waals surface area contributed by atoms with Gasteiger partial charge in [0.15, 0.2) is 0 Å². The highest BCUT2D eigenvalue weighted by molar-refractivity contribution is 7.99. The molecule has 13 heavy (non-hydrogen) atoms. The van der Waals surface area contributed by atoms with Crippen molar-refractivity contribution in [1.82, 2.24) is 0 Å². The second-order valence-corrected chi connectivity index (χ2v) is 4.29. The van der Waals surface area contributed by atoms with E-state index in [1.54, 1.807) is 0 Å². The number of nitrogens with two attached hydrogens (primary N) is 1. The van der Waals surface area contributed by atoms with Crippen molar-refractivity contribution in [3.05, 3.63) is 29.8 Å². The lowest BCUT2D eigenvalue weighted by molar-refractivity contribution is 1.09. The zero-order valence-corrected chi connectivity index (χ0v) is 8.94. The number of anilines is 1. The van der Waals surface area contributed by atoms with Crippen molar-refractivity contribution in [2.45, 2.75) is 19.8 Å². The first-order valence-corrected chi connectivity index (χ1v) is 5.91. The highest BCUT2D eigenvalue weighted by Crippen LogP contribution is 2.14. The third-order valence-corrected chi connectivity index (χ3v) is 3.11. The molecule has 0 fully saturated rings. The first-order chi connectivity index (χ1) is 6.34. The molecule has 0 aliphatic heterocycles. The largest absolute Gasteiger partial charge is 0.399 e. The Morgan fingerprint density at radius 2 is 2.00 bits per heavy atom. The Kier molecular flexibility index (Phi) is 4.76. The number of benzene rings is 1. The molecule has 2 heteroatoms. The number of thioether (sulfide) groups is 1. The van der Waals surface area contributed by atoms with E-state index < -0.39 is 0 Å². The van der Waals surface area contributed by atoms with Gasteiger partial charge in [0.05, 0.1) is 0 Å². The lowest BCUT2D eigenvalue weighted by Crippen LogP contribution is -1.95. The third-order valence-electron chi connectivity index (χ3n) is 1.92. The third kappa shape index (κ3) is 3.73. The molecule has 0 heterocycles. The predicted molar refractivity (Wildman–Crippen MR) is 62.2 cm³/mol. The van der Waals surface area contributed by atoms with Crippen LogP contribution in [0.5, 0.6) is 0 Å². The first kappa shape index (κ1) is 10.5.